The first-order valence-electron chi connectivity index (χ1n) is 6.52. The van der Waals surface area contributed by atoms with Crippen LogP contribution in [0.1, 0.15) is 34.2 Å². The van der Waals surface area contributed by atoms with Crippen molar-refractivity contribution in [3.05, 3.63) is 33.9 Å². The molecule has 0 aliphatic heterocycles. The van der Waals surface area contributed by atoms with E-state index in [0.29, 0.717) is 6.42 Å². The van der Waals surface area contributed by atoms with Gasteiger partial charge in [0.25, 0.3) is 0 Å². The minimum absolute atomic E-state index is 0.0328. The molecule has 1 rings (SSSR count). The normalized spacial score (nSPS) is 12.8. The monoisotopic (exact) mass is 251 g/mol. The number of hydrogen-bond donors (Lipinski definition) is 3. The average molecular weight is 251 g/mol. The van der Waals surface area contributed by atoms with Crippen LogP contribution in [0, 0.1) is 27.7 Å². The fourth-order valence-electron chi connectivity index (χ4n) is 2.22. The summed E-state index contributed by atoms with van der Waals surface area (Å²) in [4.78, 5) is 0. The Bertz CT molecular complexity index is 376. The van der Waals surface area contributed by atoms with Crippen molar-refractivity contribution in [2.75, 3.05) is 13.2 Å². The quantitative estimate of drug-likeness (QED) is 0.722. The molecule has 3 heteroatoms. The van der Waals surface area contributed by atoms with Gasteiger partial charge in [-0.25, -0.2) is 0 Å². The Morgan fingerprint density at radius 2 is 1.61 bits per heavy atom. The zero-order chi connectivity index (χ0) is 13.7. The minimum atomic E-state index is -0.0328. The minimum Gasteiger partial charge on any atom is -0.396 e. The zero-order valence-electron chi connectivity index (χ0n) is 11.9. The van der Waals surface area contributed by atoms with Crippen molar-refractivity contribution >= 4 is 0 Å². The lowest BCUT2D eigenvalue weighted by atomic mass is 9.94. The van der Waals surface area contributed by atoms with Gasteiger partial charge < -0.3 is 15.5 Å². The molecule has 0 aliphatic carbocycles. The highest BCUT2D eigenvalue weighted by molar-refractivity contribution is 5.43. The second-order valence-corrected chi connectivity index (χ2v) is 5.01. The van der Waals surface area contributed by atoms with Gasteiger partial charge in [-0.05, 0) is 61.9 Å². The van der Waals surface area contributed by atoms with Gasteiger partial charge >= 0.3 is 0 Å². The van der Waals surface area contributed by atoms with Gasteiger partial charge in [0.15, 0.2) is 0 Å². The molecule has 0 saturated carbocycles. The molecule has 0 fully saturated rings. The molecule has 0 aromatic heterocycles. The third-order valence-corrected chi connectivity index (χ3v) is 3.79. The third kappa shape index (κ3) is 3.55. The maximum atomic E-state index is 9.21. The van der Waals surface area contributed by atoms with Crippen LogP contribution in [0.5, 0.6) is 0 Å². The van der Waals surface area contributed by atoms with Crippen LogP contribution in [-0.2, 0) is 6.54 Å². The zero-order valence-corrected chi connectivity index (χ0v) is 11.9. The van der Waals surface area contributed by atoms with E-state index >= 15 is 0 Å². The second kappa shape index (κ2) is 6.88. The predicted molar refractivity (Wildman–Crippen MR) is 74.8 cm³/mol. The summed E-state index contributed by atoms with van der Waals surface area (Å²) in [6.07, 6.45) is 0.583. The molecule has 3 N–H and O–H groups in total. The molecule has 1 aromatic rings. The molecule has 0 saturated heterocycles. The molecule has 1 aromatic carbocycles. The summed E-state index contributed by atoms with van der Waals surface area (Å²) in [6, 6.07) is 2.18. The van der Waals surface area contributed by atoms with E-state index in [1.54, 1.807) is 0 Å². The van der Waals surface area contributed by atoms with Crippen LogP contribution in [0.3, 0.4) is 0 Å². The summed E-state index contributed by atoms with van der Waals surface area (Å²) in [5.74, 6) is 0. The van der Waals surface area contributed by atoms with Gasteiger partial charge in [-0.2, -0.15) is 0 Å². The van der Waals surface area contributed by atoms with Crippen LogP contribution in [0.4, 0.5) is 0 Å². The van der Waals surface area contributed by atoms with Gasteiger partial charge in [0.2, 0.25) is 0 Å². The molecule has 0 bridgehead atoms. The Morgan fingerprint density at radius 1 is 1.06 bits per heavy atom. The van der Waals surface area contributed by atoms with E-state index in [1.807, 2.05) is 0 Å². The lowest BCUT2D eigenvalue weighted by molar-refractivity contribution is 0.199. The van der Waals surface area contributed by atoms with Gasteiger partial charge in [-0.3, -0.25) is 0 Å². The summed E-state index contributed by atoms with van der Waals surface area (Å²) >= 11 is 0. The Morgan fingerprint density at radius 3 is 2.06 bits per heavy atom. The number of aliphatic hydroxyl groups is 2. The van der Waals surface area contributed by atoms with Crippen molar-refractivity contribution in [1.29, 1.82) is 0 Å². The standard InChI is InChI=1S/C15H25NO2/c1-10-7-11(2)13(4)15(12(10)3)8-16-14(9-18)5-6-17/h7,14,16-18H,5-6,8-9H2,1-4H3. The van der Waals surface area contributed by atoms with E-state index in [1.165, 1.54) is 27.8 Å². The first-order valence-corrected chi connectivity index (χ1v) is 6.52. The molecule has 0 spiro atoms. The molecule has 3 nitrogen and oxygen atoms in total. The smallest absolute Gasteiger partial charge is 0.0585 e. The van der Waals surface area contributed by atoms with E-state index in [4.69, 9.17) is 5.11 Å². The molecular formula is C15H25NO2. The molecular weight excluding hydrogens is 226 g/mol. The Hall–Kier alpha value is -0.900. The molecule has 0 amide bonds. The van der Waals surface area contributed by atoms with Crippen molar-refractivity contribution in [2.24, 2.45) is 0 Å². The largest absolute Gasteiger partial charge is 0.396 e. The van der Waals surface area contributed by atoms with Crippen LogP contribution >= 0.6 is 0 Å². The lowest BCUT2D eigenvalue weighted by Gasteiger charge is -2.19. The molecule has 1 unspecified atom stereocenters. The lowest BCUT2D eigenvalue weighted by Crippen LogP contribution is -2.33. The first-order chi connectivity index (χ1) is 8.51. The van der Waals surface area contributed by atoms with Gasteiger partial charge in [0.1, 0.15) is 0 Å². The fourth-order valence-corrected chi connectivity index (χ4v) is 2.22. The van der Waals surface area contributed by atoms with E-state index in [-0.39, 0.29) is 19.3 Å². The van der Waals surface area contributed by atoms with Crippen LogP contribution in [-0.4, -0.2) is 29.5 Å². The Balaban J connectivity index is 2.84. The summed E-state index contributed by atoms with van der Waals surface area (Å²) in [5, 5.41) is 21.4. The number of rotatable bonds is 6. The average Bonchev–Trinajstić information content (AvgIpc) is 2.35. The summed E-state index contributed by atoms with van der Waals surface area (Å²) in [7, 11) is 0. The third-order valence-electron chi connectivity index (χ3n) is 3.79. The molecule has 18 heavy (non-hydrogen) atoms. The predicted octanol–water partition coefficient (Wildman–Crippen LogP) is 1.75. The van der Waals surface area contributed by atoms with Crippen molar-refractivity contribution in [1.82, 2.24) is 5.32 Å². The van der Waals surface area contributed by atoms with Crippen LogP contribution in [0.2, 0.25) is 0 Å². The molecule has 1 atom stereocenters. The van der Waals surface area contributed by atoms with E-state index in [9.17, 15) is 5.11 Å². The molecule has 0 heterocycles. The van der Waals surface area contributed by atoms with E-state index in [0.717, 1.165) is 6.54 Å². The Kier molecular flexibility index (Phi) is 5.79. The molecule has 102 valence electrons. The molecule has 0 radical (unpaired) electrons. The van der Waals surface area contributed by atoms with E-state index in [2.05, 4.69) is 39.1 Å². The topological polar surface area (TPSA) is 52.5 Å². The highest BCUT2D eigenvalue weighted by Crippen LogP contribution is 2.21. The Labute approximate surface area is 110 Å². The highest BCUT2D eigenvalue weighted by Gasteiger charge is 2.11. The number of nitrogens with one attached hydrogen (secondary N) is 1. The molecule has 0 aliphatic rings. The number of hydrogen-bond acceptors (Lipinski definition) is 3. The first kappa shape index (κ1) is 15.2. The van der Waals surface area contributed by atoms with Crippen molar-refractivity contribution in [3.63, 3.8) is 0 Å². The van der Waals surface area contributed by atoms with E-state index < -0.39 is 0 Å². The van der Waals surface area contributed by atoms with Gasteiger partial charge in [-0.15, -0.1) is 0 Å². The van der Waals surface area contributed by atoms with Gasteiger partial charge in [0, 0.05) is 19.2 Å². The van der Waals surface area contributed by atoms with Crippen molar-refractivity contribution in [3.8, 4) is 0 Å². The SMILES string of the molecule is Cc1cc(C)c(C)c(CNC(CO)CCO)c1C. The number of aliphatic hydroxyl groups excluding tert-OH is 2. The van der Waals surface area contributed by atoms with Crippen LogP contribution < -0.4 is 5.32 Å². The number of benzene rings is 1. The summed E-state index contributed by atoms with van der Waals surface area (Å²) in [5.41, 5.74) is 6.54. The maximum absolute atomic E-state index is 9.21. The number of aryl methyl sites for hydroxylation is 2. The van der Waals surface area contributed by atoms with Crippen LogP contribution in [0.25, 0.3) is 0 Å². The van der Waals surface area contributed by atoms with Crippen molar-refractivity contribution in [2.45, 2.75) is 46.7 Å². The maximum Gasteiger partial charge on any atom is 0.0585 e. The highest BCUT2D eigenvalue weighted by atomic mass is 16.3. The van der Waals surface area contributed by atoms with Gasteiger partial charge in [-0.1, -0.05) is 6.07 Å². The summed E-state index contributed by atoms with van der Waals surface area (Å²) < 4.78 is 0. The van der Waals surface area contributed by atoms with Gasteiger partial charge in [0.05, 0.1) is 6.61 Å². The second-order valence-electron chi connectivity index (χ2n) is 5.01. The van der Waals surface area contributed by atoms with Crippen molar-refractivity contribution < 1.29 is 10.2 Å². The van der Waals surface area contributed by atoms with Crippen LogP contribution in [0.15, 0.2) is 6.07 Å². The summed E-state index contributed by atoms with van der Waals surface area (Å²) in [6.45, 7) is 9.43. The fraction of sp³-hybridized carbons (Fsp3) is 0.600.